The maximum Gasteiger partial charge on any atom is 0.191 e. The molecule has 0 aromatic carbocycles. The third-order valence-corrected chi connectivity index (χ3v) is 3.39. The van der Waals surface area contributed by atoms with Gasteiger partial charge in [0.2, 0.25) is 0 Å². The summed E-state index contributed by atoms with van der Waals surface area (Å²) in [5.74, 6) is 1.69. The molecule has 1 saturated carbocycles. The Morgan fingerprint density at radius 2 is 2.24 bits per heavy atom. The van der Waals surface area contributed by atoms with E-state index in [1.165, 1.54) is 18.4 Å². The number of halogens is 1. The lowest BCUT2D eigenvalue weighted by molar-refractivity contribution is 0.123. The largest absolute Gasteiger partial charge is 0.381 e. The summed E-state index contributed by atoms with van der Waals surface area (Å²) in [7, 11) is 3.82. The van der Waals surface area contributed by atoms with Crippen LogP contribution in [0.5, 0.6) is 0 Å². The van der Waals surface area contributed by atoms with Gasteiger partial charge in [-0.2, -0.15) is 0 Å². The molecule has 0 radical (unpaired) electrons. The summed E-state index contributed by atoms with van der Waals surface area (Å²) in [6.07, 6.45) is 7.87. The van der Waals surface area contributed by atoms with Gasteiger partial charge < -0.3 is 19.9 Å². The Balaban J connectivity index is 0.00000220. The van der Waals surface area contributed by atoms with E-state index in [9.17, 15) is 0 Å². The number of nitrogens with zero attached hydrogens (tertiary/aromatic N) is 2. The summed E-state index contributed by atoms with van der Waals surface area (Å²) in [5.41, 5.74) is 1.25. The van der Waals surface area contributed by atoms with Gasteiger partial charge in [-0.25, -0.2) is 0 Å². The van der Waals surface area contributed by atoms with E-state index in [1.807, 2.05) is 17.8 Å². The van der Waals surface area contributed by atoms with Gasteiger partial charge in [0.15, 0.2) is 5.96 Å². The van der Waals surface area contributed by atoms with Crippen molar-refractivity contribution < 1.29 is 4.74 Å². The Bertz CT molecular complexity index is 429. The van der Waals surface area contributed by atoms with E-state index in [4.69, 9.17) is 4.74 Å². The van der Waals surface area contributed by atoms with Crippen LogP contribution in [0.2, 0.25) is 0 Å². The number of nitrogens with one attached hydrogen (secondary N) is 2. The average Bonchev–Trinajstić information content (AvgIpc) is 3.18. The van der Waals surface area contributed by atoms with Crippen LogP contribution in [-0.4, -0.2) is 37.3 Å². The molecule has 5 nitrogen and oxygen atoms in total. The molecule has 2 N–H and O–H groups in total. The maximum atomic E-state index is 5.60. The molecule has 6 heteroatoms. The molecule has 0 aliphatic heterocycles. The molecule has 0 spiro atoms. The van der Waals surface area contributed by atoms with Gasteiger partial charge >= 0.3 is 0 Å². The van der Waals surface area contributed by atoms with Gasteiger partial charge in [0, 0.05) is 52.8 Å². The van der Waals surface area contributed by atoms with Gasteiger partial charge in [-0.05, 0) is 36.8 Å². The molecular formula is C15H27IN4O. The third kappa shape index (κ3) is 7.71. The lowest BCUT2D eigenvalue weighted by atomic mass is 10.3. The van der Waals surface area contributed by atoms with Crippen LogP contribution in [0.4, 0.5) is 0 Å². The first-order chi connectivity index (χ1) is 9.78. The molecule has 0 atom stereocenters. The van der Waals surface area contributed by atoms with E-state index in [-0.39, 0.29) is 24.0 Å². The third-order valence-electron chi connectivity index (χ3n) is 3.39. The first-order valence-electron chi connectivity index (χ1n) is 7.41. The first kappa shape index (κ1) is 18.3. The minimum atomic E-state index is 0. The van der Waals surface area contributed by atoms with Gasteiger partial charge in [-0.15, -0.1) is 24.0 Å². The Hall–Kier alpha value is -0.760. The van der Waals surface area contributed by atoms with E-state index in [2.05, 4.69) is 27.9 Å². The summed E-state index contributed by atoms with van der Waals surface area (Å²) < 4.78 is 7.65. The van der Waals surface area contributed by atoms with Crippen LogP contribution < -0.4 is 10.6 Å². The number of hydrogen-bond donors (Lipinski definition) is 2. The van der Waals surface area contributed by atoms with E-state index >= 15 is 0 Å². The summed E-state index contributed by atoms with van der Waals surface area (Å²) in [5, 5.41) is 6.61. The summed E-state index contributed by atoms with van der Waals surface area (Å²) in [4.78, 5) is 4.21. The smallest absolute Gasteiger partial charge is 0.191 e. The van der Waals surface area contributed by atoms with Crippen LogP contribution in [-0.2, 0) is 18.3 Å². The highest BCUT2D eigenvalue weighted by Gasteiger charge is 2.20. The summed E-state index contributed by atoms with van der Waals surface area (Å²) in [6, 6.07) is 2.10. The second kappa shape index (κ2) is 10.0. The van der Waals surface area contributed by atoms with Gasteiger partial charge in [0.1, 0.15) is 0 Å². The number of hydrogen-bond acceptors (Lipinski definition) is 2. The van der Waals surface area contributed by atoms with E-state index < -0.39 is 0 Å². The minimum Gasteiger partial charge on any atom is -0.381 e. The quantitative estimate of drug-likeness (QED) is 0.301. The normalized spacial score (nSPS) is 14.7. The fourth-order valence-electron chi connectivity index (χ4n) is 1.99. The van der Waals surface area contributed by atoms with Crippen LogP contribution in [0.25, 0.3) is 0 Å². The van der Waals surface area contributed by atoms with Crippen molar-refractivity contribution in [3.8, 4) is 0 Å². The first-order valence-corrected chi connectivity index (χ1v) is 7.41. The zero-order chi connectivity index (χ0) is 14.2. The lowest BCUT2D eigenvalue weighted by Gasteiger charge is -2.11. The average molecular weight is 406 g/mol. The van der Waals surface area contributed by atoms with Crippen molar-refractivity contribution in [1.29, 1.82) is 0 Å². The fourth-order valence-corrected chi connectivity index (χ4v) is 1.99. The molecule has 2 rings (SSSR count). The lowest BCUT2D eigenvalue weighted by Crippen LogP contribution is -2.37. The van der Waals surface area contributed by atoms with Gasteiger partial charge in [-0.1, -0.05) is 0 Å². The maximum absolute atomic E-state index is 5.60. The Kier molecular flexibility index (Phi) is 8.75. The molecule has 1 aromatic heterocycles. The van der Waals surface area contributed by atoms with Crippen LogP contribution in [0.1, 0.15) is 24.8 Å². The van der Waals surface area contributed by atoms with Gasteiger partial charge in [0.05, 0.1) is 0 Å². The zero-order valence-corrected chi connectivity index (χ0v) is 15.3. The predicted octanol–water partition coefficient (Wildman–Crippen LogP) is 2.12. The molecule has 1 aliphatic carbocycles. The molecule has 0 bridgehead atoms. The number of aliphatic imine (C=N–C) groups is 1. The van der Waals surface area contributed by atoms with E-state index in [1.54, 1.807) is 7.05 Å². The van der Waals surface area contributed by atoms with Crippen molar-refractivity contribution in [3.63, 3.8) is 0 Å². The summed E-state index contributed by atoms with van der Waals surface area (Å²) in [6.45, 7) is 3.46. The van der Waals surface area contributed by atoms with Crippen molar-refractivity contribution in [2.45, 2.75) is 25.8 Å². The SMILES string of the molecule is CN=C(NCCCOCC1CC1)NCc1ccn(C)c1.I. The van der Waals surface area contributed by atoms with Gasteiger partial charge in [0.25, 0.3) is 0 Å². The number of rotatable bonds is 8. The van der Waals surface area contributed by atoms with E-state index in [0.29, 0.717) is 0 Å². The number of ether oxygens (including phenoxy) is 1. The zero-order valence-electron chi connectivity index (χ0n) is 13.0. The molecule has 21 heavy (non-hydrogen) atoms. The second-order valence-corrected chi connectivity index (χ2v) is 5.41. The fraction of sp³-hybridized carbons (Fsp3) is 0.667. The molecule has 120 valence electrons. The number of aromatic nitrogens is 1. The number of aryl methyl sites for hydroxylation is 1. The monoisotopic (exact) mass is 406 g/mol. The second-order valence-electron chi connectivity index (χ2n) is 5.41. The van der Waals surface area contributed by atoms with E-state index in [0.717, 1.165) is 44.6 Å². The molecule has 0 unspecified atom stereocenters. The highest BCUT2D eigenvalue weighted by molar-refractivity contribution is 14.0. The molecule has 1 heterocycles. The Morgan fingerprint density at radius 1 is 1.43 bits per heavy atom. The van der Waals surface area contributed by atoms with Crippen molar-refractivity contribution in [2.75, 3.05) is 26.8 Å². The Labute approximate surface area is 144 Å². The van der Waals surface area contributed by atoms with Crippen molar-refractivity contribution in [1.82, 2.24) is 15.2 Å². The summed E-state index contributed by atoms with van der Waals surface area (Å²) >= 11 is 0. The van der Waals surface area contributed by atoms with Crippen molar-refractivity contribution in [3.05, 3.63) is 24.0 Å². The number of guanidine groups is 1. The van der Waals surface area contributed by atoms with Gasteiger partial charge in [-0.3, -0.25) is 4.99 Å². The molecule has 0 saturated heterocycles. The molecule has 1 aromatic rings. The van der Waals surface area contributed by atoms with Crippen LogP contribution in [0, 0.1) is 5.92 Å². The molecular weight excluding hydrogens is 379 g/mol. The highest BCUT2D eigenvalue weighted by Crippen LogP contribution is 2.28. The van der Waals surface area contributed by atoms with Crippen molar-refractivity contribution in [2.24, 2.45) is 18.0 Å². The predicted molar refractivity (Wildman–Crippen MR) is 97.2 cm³/mol. The van der Waals surface area contributed by atoms with Crippen LogP contribution >= 0.6 is 24.0 Å². The molecule has 1 aliphatic rings. The Morgan fingerprint density at radius 3 is 2.86 bits per heavy atom. The van der Waals surface area contributed by atoms with Crippen LogP contribution in [0.15, 0.2) is 23.5 Å². The molecule has 1 fully saturated rings. The minimum absolute atomic E-state index is 0. The highest BCUT2D eigenvalue weighted by atomic mass is 127. The molecule has 0 amide bonds. The topological polar surface area (TPSA) is 50.6 Å². The standard InChI is InChI=1S/C15H26N4O.HI/c1-16-15(18-10-14-6-8-19(2)11-14)17-7-3-9-20-12-13-4-5-13;/h6,8,11,13H,3-5,7,9-10,12H2,1-2H3,(H2,16,17,18);1H. The van der Waals surface area contributed by atoms with Crippen molar-refractivity contribution >= 4 is 29.9 Å². The van der Waals surface area contributed by atoms with Crippen LogP contribution in [0.3, 0.4) is 0 Å².